The van der Waals surface area contributed by atoms with E-state index >= 15 is 0 Å². The quantitative estimate of drug-likeness (QED) is 0.445. The van der Waals surface area contributed by atoms with Gasteiger partial charge in [-0.1, -0.05) is 24.3 Å². The monoisotopic (exact) mass is 440 g/mol. The highest BCUT2D eigenvalue weighted by molar-refractivity contribution is 6.62. The van der Waals surface area contributed by atoms with Crippen LogP contribution < -0.4 is 20.3 Å². The molecule has 1 aliphatic heterocycles. The summed E-state index contributed by atoms with van der Waals surface area (Å²) in [5.74, 6) is 1.49. The van der Waals surface area contributed by atoms with E-state index in [1.807, 2.05) is 54.6 Å². The van der Waals surface area contributed by atoms with Crippen LogP contribution in [-0.2, 0) is 11.3 Å². The Morgan fingerprint density at radius 2 is 1.85 bits per heavy atom. The zero-order valence-electron chi connectivity index (χ0n) is 18.1. The van der Waals surface area contributed by atoms with Crippen LogP contribution in [0.25, 0.3) is 22.0 Å². The molecule has 8 nitrogen and oxygen atoms in total. The minimum absolute atomic E-state index is 0.556. The smallest absolute Gasteiger partial charge is 0.497 e. The van der Waals surface area contributed by atoms with Gasteiger partial charge in [0.05, 0.1) is 37.8 Å². The number of aromatic nitrogens is 2. The zero-order valence-corrected chi connectivity index (χ0v) is 18.1. The Hall–Kier alpha value is -4.11. The maximum atomic E-state index is 10.1. The summed E-state index contributed by atoms with van der Waals surface area (Å²) in [7, 11) is 2.20. The van der Waals surface area contributed by atoms with Gasteiger partial charge >= 0.3 is 7.12 Å². The first-order valence-corrected chi connectivity index (χ1v) is 10.4. The number of nitrogens with one attached hydrogen (secondary N) is 1. The van der Waals surface area contributed by atoms with Gasteiger partial charge in [-0.05, 0) is 41.0 Å². The van der Waals surface area contributed by atoms with E-state index in [-0.39, 0.29) is 0 Å². The van der Waals surface area contributed by atoms with Crippen molar-refractivity contribution in [1.29, 1.82) is 0 Å². The van der Waals surface area contributed by atoms with Gasteiger partial charge in [-0.25, -0.2) is 0 Å². The first-order valence-electron chi connectivity index (χ1n) is 10.4. The summed E-state index contributed by atoms with van der Waals surface area (Å²) in [4.78, 5) is 0. The summed E-state index contributed by atoms with van der Waals surface area (Å²) in [6.07, 6.45) is 3.30. The van der Waals surface area contributed by atoms with Crippen LogP contribution in [0.3, 0.4) is 0 Å². The van der Waals surface area contributed by atoms with E-state index in [0.717, 1.165) is 50.3 Å². The maximum Gasteiger partial charge on any atom is 0.583 e. The molecule has 0 aliphatic carbocycles. The number of ether oxygens (including phenoxy) is 2. The molecular formula is C24H21BN4O4. The average Bonchev–Trinajstić information content (AvgIpc) is 2.87. The third kappa shape index (κ3) is 4.06. The normalized spacial score (nSPS) is 12.3. The second kappa shape index (κ2) is 8.80. The van der Waals surface area contributed by atoms with Gasteiger partial charge in [-0.15, -0.1) is 5.16 Å². The van der Waals surface area contributed by atoms with E-state index in [9.17, 15) is 5.02 Å². The van der Waals surface area contributed by atoms with Crippen molar-refractivity contribution in [2.45, 2.75) is 6.54 Å². The van der Waals surface area contributed by atoms with E-state index in [1.54, 1.807) is 26.6 Å². The molecule has 164 valence electrons. The Morgan fingerprint density at radius 1 is 1.00 bits per heavy atom. The average molecular weight is 440 g/mol. The Kier molecular flexibility index (Phi) is 5.54. The fraction of sp³-hybridized carbons (Fsp3) is 0.125. The highest BCUT2D eigenvalue weighted by Crippen LogP contribution is 2.29. The molecular weight excluding hydrogens is 419 g/mol. The molecule has 2 heterocycles. The lowest BCUT2D eigenvalue weighted by Gasteiger charge is -2.15. The van der Waals surface area contributed by atoms with Crippen LogP contribution in [0.1, 0.15) is 11.1 Å². The molecule has 1 aromatic heterocycles. The van der Waals surface area contributed by atoms with Gasteiger partial charge in [0.2, 0.25) is 0 Å². The van der Waals surface area contributed by atoms with Gasteiger partial charge in [0.25, 0.3) is 0 Å². The SMILES string of the molecule is COc1ccc(CNc2cnnc3cc(-c4ccc5c(c4)B(O)ON=C5)ccc23)c(OC)c1. The molecule has 0 amide bonds. The molecule has 5 rings (SSSR count). The fourth-order valence-electron chi connectivity index (χ4n) is 3.86. The maximum absolute atomic E-state index is 10.1. The number of benzene rings is 3. The number of hydrogen-bond donors (Lipinski definition) is 2. The minimum Gasteiger partial charge on any atom is -0.497 e. The molecule has 0 fully saturated rings. The van der Waals surface area contributed by atoms with E-state index in [4.69, 9.17) is 14.2 Å². The van der Waals surface area contributed by atoms with Crippen LogP contribution in [0.2, 0.25) is 0 Å². The molecule has 0 saturated heterocycles. The third-order valence-electron chi connectivity index (χ3n) is 5.64. The van der Waals surface area contributed by atoms with Crippen molar-refractivity contribution >= 4 is 35.4 Å². The largest absolute Gasteiger partial charge is 0.583 e. The summed E-state index contributed by atoms with van der Waals surface area (Å²) in [5, 5.41) is 26.6. The Morgan fingerprint density at radius 3 is 2.70 bits per heavy atom. The fourth-order valence-corrected chi connectivity index (χ4v) is 3.86. The third-order valence-corrected chi connectivity index (χ3v) is 5.64. The first-order chi connectivity index (χ1) is 16.2. The lowest BCUT2D eigenvalue weighted by atomic mass is 9.75. The molecule has 0 saturated carbocycles. The number of fused-ring (bicyclic) bond motifs is 2. The van der Waals surface area contributed by atoms with E-state index in [2.05, 4.69) is 20.7 Å². The number of anilines is 1. The van der Waals surface area contributed by atoms with Crippen molar-refractivity contribution in [3.63, 3.8) is 0 Å². The molecule has 0 unspecified atom stereocenters. The van der Waals surface area contributed by atoms with Crippen molar-refractivity contribution < 1.29 is 19.3 Å². The van der Waals surface area contributed by atoms with Crippen LogP contribution in [0, 0.1) is 0 Å². The number of oxime groups is 1. The molecule has 0 spiro atoms. The van der Waals surface area contributed by atoms with Crippen molar-refractivity contribution in [3.05, 3.63) is 71.9 Å². The van der Waals surface area contributed by atoms with Crippen molar-refractivity contribution in [2.75, 3.05) is 19.5 Å². The summed E-state index contributed by atoms with van der Waals surface area (Å²) in [6.45, 7) is 0.556. The summed E-state index contributed by atoms with van der Waals surface area (Å²) < 4.78 is 15.7. The molecule has 0 atom stereocenters. The van der Waals surface area contributed by atoms with Crippen LogP contribution in [0.15, 0.2) is 65.9 Å². The van der Waals surface area contributed by atoms with Gasteiger partial charge in [0.1, 0.15) is 11.5 Å². The zero-order chi connectivity index (χ0) is 22.8. The number of nitrogens with zero attached hydrogens (tertiary/aromatic N) is 3. The predicted molar refractivity (Wildman–Crippen MR) is 128 cm³/mol. The topological polar surface area (TPSA) is 98.1 Å². The Balaban J connectivity index is 1.43. The molecule has 3 aromatic carbocycles. The van der Waals surface area contributed by atoms with Crippen LogP contribution >= 0.6 is 0 Å². The Labute approximate surface area is 191 Å². The number of methoxy groups -OCH3 is 2. The molecule has 0 bridgehead atoms. The van der Waals surface area contributed by atoms with Crippen molar-refractivity contribution in [3.8, 4) is 22.6 Å². The minimum atomic E-state index is -1.07. The summed E-state index contributed by atoms with van der Waals surface area (Å²) in [5.41, 5.74) is 6.04. The molecule has 2 N–H and O–H groups in total. The standard InChI is InChI=1S/C24H21BN4O4/c1-31-19-7-5-18(24(11-19)32-2)12-26-23-14-27-29-22-10-16(6-8-20(22)23)15-3-4-17-13-28-33-25(30)21(17)9-15/h3-11,13-14,30H,12H2,1-2H3,(H,26,29). The van der Waals surface area contributed by atoms with Crippen LogP contribution in [-0.4, -0.2) is 42.8 Å². The number of rotatable bonds is 6. The van der Waals surface area contributed by atoms with E-state index in [1.165, 1.54) is 0 Å². The van der Waals surface area contributed by atoms with Gasteiger partial charge in [0.15, 0.2) is 0 Å². The van der Waals surface area contributed by atoms with Crippen molar-refractivity contribution in [2.24, 2.45) is 5.16 Å². The predicted octanol–water partition coefficient (Wildman–Crippen LogP) is 2.98. The lowest BCUT2D eigenvalue weighted by Crippen LogP contribution is -2.37. The second-order valence-electron chi connectivity index (χ2n) is 7.56. The van der Waals surface area contributed by atoms with Crippen LogP contribution in [0.4, 0.5) is 5.69 Å². The summed E-state index contributed by atoms with van der Waals surface area (Å²) in [6, 6.07) is 17.5. The van der Waals surface area contributed by atoms with Gasteiger partial charge < -0.3 is 24.6 Å². The van der Waals surface area contributed by atoms with Gasteiger partial charge in [-0.3, -0.25) is 0 Å². The van der Waals surface area contributed by atoms with Gasteiger partial charge in [0, 0.05) is 29.0 Å². The molecule has 4 aromatic rings. The summed E-state index contributed by atoms with van der Waals surface area (Å²) >= 11 is 0. The first kappa shape index (κ1) is 20.8. The van der Waals surface area contributed by atoms with E-state index in [0.29, 0.717) is 12.0 Å². The highest BCUT2D eigenvalue weighted by Gasteiger charge is 2.25. The van der Waals surface area contributed by atoms with E-state index < -0.39 is 7.12 Å². The molecule has 1 aliphatic rings. The Bertz CT molecular complexity index is 1360. The van der Waals surface area contributed by atoms with Gasteiger partial charge in [-0.2, -0.15) is 10.2 Å². The van der Waals surface area contributed by atoms with Crippen LogP contribution in [0.5, 0.6) is 11.5 Å². The number of hydrogen-bond acceptors (Lipinski definition) is 8. The molecule has 9 heteroatoms. The van der Waals surface area contributed by atoms with Crippen molar-refractivity contribution in [1.82, 2.24) is 10.2 Å². The lowest BCUT2D eigenvalue weighted by molar-refractivity contribution is 0.286. The molecule has 0 radical (unpaired) electrons. The highest BCUT2D eigenvalue weighted by atomic mass is 16.6. The molecule has 33 heavy (non-hydrogen) atoms. The second-order valence-corrected chi connectivity index (χ2v) is 7.56.